The highest BCUT2D eigenvalue weighted by atomic mass is 16.5. The van der Waals surface area contributed by atoms with Gasteiger partial charge in [0.05, 0.1) is 12.4 Å². The van der Waals surface area contributed by atoms with Crippen molar-refractivity contribution >= 4 is 0 Å². The zero-order valence-corrected chi connectivity index (χ0v) is 7.61. The van der Waals surface area contributed by atoms with Crippen molar-refractivity contribution in [3.63, 3.8) is 0 Å². The van der Waals surface area contributed by atoms with Crippen LogP contribution in [0.2, 0.25) is 0 Å². The van der Waals surface area contributed by atoms with E-state index in [-0.39, 0.29) is 0 Å². The molecular weight excluding hydrogens is 136 g/mol. The Hall–Kier alpha value is -0.720. The monoisotopic (exact) mass is 152 g/mol. The Kier molecular flexibility index (Phi) is 2.75. The Labute approximate surface area is 68.8 Å². The number of allylic oxidation sites excluding steroid dienone is 3. The zero-order valence-electron chi connectivity index (χ0n) is 7.61. The van der Waals surface area contributed by atoms with Crippen molar-refractivity contribution < 1.29 is 4.74 Å². The molecule has 0 spiro atoms. The van der Waals surface area contributed by atoms with Crippen molar-refractivity contribution in [3.8, 4) is 0 Å². The van der Waals surface area contributed by atoms with Crippen LogP contribution in [0, 0.1) is 0 Å². The number of hydrogen-bond donors (Lipinski definition) is 0. The second-order valence-electron chi connectivity index (χ2n) is 3.02. The van der Waals surface area contributed by atoms with Gasteiger partial charge in [-0.15, -0.1) is 0 Å². The summed E-state index contributed by atoms with van der Waals surface area (Å²) >= 11 is 0. The molecule has 1 heteroatoms. The van der Waals surface area contributed by atoms with Gasteiger partial charge in [-0.3, -0.25) is 0 Å². The van der Waals surface area contributed by atoms with Crippen LogP contribution in [0.1, 0.15) is 33.6 Å². The summed E-state index contributed by atoms with van der Waals surface area (Å²) in [5.74, 6) is 1.11. The van der Waals surface area contributed by atoms with Gasteiger partial charge in [0.1, 0.15) is 0 Å². The molecule has 0 saturated heterocycles. The molecular formula is C10H16O. The van der Waals surface area contributed by atoms with Crippen molar-refractivity contribution in [3.05, 3.63) is 23.0 Å². The van der Waals surface area contributed by atoms with Crippen molar-refractivity contribution in [2.45, 2.75) is 33.6 Å². The van der Waals surface area contributed by atoms with Gasteiger partial charge in [0.2, 0.25) is 0 Å². The van der Waals surface area contributed by atoms with Gasteiger partial charge >= 0.3 is 0 Å². The molecule has 0 radical (unpaired) electrons. The second-order valence-corrected chi connectivity index (χ2v) is 3.02. The summed E-state index contributed by atoms with van der Waals surface area (Å²) in [6.07, 6.45) is 4.47. The van der Waals surface area contributed by atoms with Crippen LogP contribution in [-0.4, -0.2) is 6.61 Å². The molecule has 62 valence electrons. The lowest BCUT2D eigenvalue weighted by molar-refractivity contribution is 0.246. The van der Waals surface area contributed by atoms with Crippen molar-refractivity contribution in [1.82, 2.24) is 0 Å². The van der Waals surface area contributed by atoms with Gasteiger partial charge in [0.25, 0.3) is 0 Å². The standard InChI is InChI=1S/C10H16O/c1-4-8(2)7-10-5-6-11-9(10)3/h7H,4-6H2,1-3H3/b8-7-. The minimum absolute atomic E-state index is 0.870. The lowest BCUT2D eigenvalue weighted by atomic mass is 10.1. The first kappa shape index (κ1) is 8.38. The zero-order chi connectivity index (χ0) is 8.27. The van der Waals surface area contributed by atoms with Crippen LogP contribution in [0.3, 0.4) is 0 Å². The Morgan fingerprint density at radius 1 is 1.64 bits per heavy atom. The molecule has 0 aromatic carbocycles. The summed E-state index contributed by atoms with van der Waals surface area (Å²) in [6.45, 7) is 7.26. The highest BCUT2D eigenvalue weighted by Crippen LogP contribution is 2.21. The quantitative estimate of drug-likeness (QED) is 0.591. The van der Waals surface area contributed by atoms with Gasteiger partial charge in [-0.1, -0.05) is 18.6 Å². The number of ether oxygens (including phenoxy) is 1. The Bertz CT molecular complexity index is 199. The largest absolute Gasteiger partial charge is 0.498 e. The van der Waals surface area contributed by atoms with Gasteiger partial charge in [-0.25, -0.2) is 0 Å². The summed E-state index contributed by atoms with van der Waals surface area (Å²) < 4.78 is 5.35. The van der Waals surface area contributed by atoms with Crippen molar-refractivity contribution in [1.29, 1.82) is 0 Å². The molecule has 0 bridgehead atoms. The minimum Gasteiger partial charge on any atom is -0.498 e. The third-order valence-electron chi connectivity index (χ3n) is 2.12. The maximum Gasteiger partial charge on any atom is 0.0962 e. The van der Waals surface area contributed by atoms with Gasteiger partial charge in [-0.05, 0) is 25.8 Å². The molecule has 1 rings (SSSR count). The maximum absolute atomic E-state index is 5.35. The Balaban J connectivity index is 2.68. The van der Waals surface area contributed by atoms with E-state index in [0.717, 1.165) is 25.2 Å². The molecule has 0 fully saturated rings. The van der Waals surface area contributed by atoms with Crippen LogP contribution in [0.15, 0.2) is 23.0 Å². The molecule has 0 aromatic heterocycles. The van der Waals surface area contributed by atoms with E-state index in [1.807, 2.05) is 6.92 Å². The van der Waals surface area contributed by atoms with E-state index in [0.29, 0.717) is 0 Å². The fraction of sp³-hybridized carbons (Fsp3) is 0.600. The molecule has 1 nitrogen and oxygen atoms in total. The molecule has 0 unspecified atom stereocenters. The van der Waals surface area contributed by atoms with Gasteiger partial charge < -0.3 is 4.74 Å². The Morgan fingerprint density at radius 3 is 2.82 bits per heavy atom. The van der Waals surface area contributed by atoms with Crippen LogP contribution in [0.25, 0.3) is 0 Å². The third kappa shape index (κ3) is 2.11. The highest BCUT2D eigenvalue weighted by Gasteiger charge is 2.08. The smallest absolute Gasteiger partial charge is 0.0962 e. The topological polar surface area (TPSA) is 9.23 Å². The van der Waals surface area contributed by atoms with Crippen LogP contribution >= 0.6 is 0 Å². The van der Waals surface area contributed by atoms with Crippen LogP contribution in [-0.2, 0) is 4.74 Å². The van der Waals surface area contributed by atoms with Crippen LogP contribution in [0.4, 0.5) is 0 Å². The molecule has 0 aromatic rings. The average Bonchev–Trinajstić information content (AvgIpc) is 2.37. The number of hydrogen-bond acceptors (Lipinski definition) is 1. The van der Waals surface area contributed by atoms with E-state index < -0.39 is 0 Å². The predicted octanol–water partition coefficient (Wildman–Crippen LogP) is 3.04. The van der Waals surface area contributed by atoms with E-state index in [2.05, 4.69) is 19.9 Å². The molecule has 1 aliphatic rings. The number of rotatable bonds is 2. The summed E-state index contributed by atoms with van der Waals surface area (Å²) in [6, 6.07) is 0. The first-order chi connectivity index (χ1) is 5.24. The van der Waals surface area contributed by atoms with Crippen molar-refractivity contribution in [2.24, 2.45) is 0 Å². The fourth-order valence-corrected chi connectivity index (χ4v) is 1.16. The van der Waals surface area contributed by atoms with Crippen LogP contribution in [0.5, 0.6) is 0 Å². The van der Waals surface area contributed by atoms with E-state index >= 15 is 0 Å². The lowest BCUT2D eigenvalue weighted by Crippen LogP contribution is -1.78. The minimum atomic E-state index is 0.870. The SMILES string of the molecule is CC/C(C)=C\C1=C(C)OCC1. The van der Waals surface area contributed by atoms with E-state index in [1.54, 1.807) is 0 Å². The van der Waals surface area contributed by atoms with E-state index in [9.17, 15) is 0 Å². The molecule has 11 heavy (non-hydrogen) atoms. The second kappa shape index (κ2) is 3.61. The van der Waals surface area contributed by atoms with Gasteiger partial charge in [-0.2, -0.15) is 0 Å². The normalized spacial score (nSPS) is 19.0. The summed E-state index contributed by atoms with van der Waals surface area (Å²) in [5, 5.41) is 0. The molecule has 0 saturated carbocycles. The fourth-order valence-electron chi connectivity index (χ4n) is 1.16. The average molecular weight is 152 g/mol. The molecule has 1 aliphatic heterocycles. The van der Waals surface area contributed by atoms with E-state index in [1.165, 1.54) is 11.1 Å². The molecule has 1 heterocycles. The van der Waals surface area contributed by atoms with Crippen LogP contribution < -0.4 is 0 Å². The predicted molar refractivity (Wildman–Crippen MR) is 47.3 cm³/mol. The lowest BCUT2D eigenvalue weighted by Gasteiger charge is -1.96. The first-order valence-corrected chi connectivity index (χ1v) is 4.23. The highest BCUT2D eigenvalue weighted by molar-refractivity contribution is 5.27. The summed E-state index contributed by atoms with van der Waals surface area (Å²) in [5.41, 5.74) is 2.81. The molecule has 0 aliphatic carbocycles. The molecule has 0 N–H and O–H groups in total. The van der Waals surface area contributed by atoms with Crippen molar-refractivity contribution in [2.75, 3.05) is 6.61 Å². The van der Waals surface area contributed by atoms with Gasteiger partial charge in [0.15, 0.2) is 0 Å². The maximum atomic E-state index is 5.35. The third-order valence-corrected chi connectivity index (χ3v) is 2.12. The first-order valence-electron chi connectivity index (χ1n) is 4.23. The van der Waals surface area contributed by atoms with E-state index in [4.69, 9.17) is 4.74 Å². The molecule has 0 amide bonds. The molecule has 0 atom stereocenters. The van der Waals surface area contributed by atoms with Gasteiger partial charge in [0, 0.05) is 6.42 Å². The summed E-state index contributed by atoms with van der Waals surface area (Å²) in [4.78, 5) is 0. The summed E-state index contributed by atoms with van der Waals surface area (Å²) in [7, 11) is 0. The Morgan fingerprint density at radius 2 is 2.36 bits per heavy atom.